The fraction of sp³-hybridized carbons (Fsp3) is 0.250. The molecule has 0 spiro atoms. The van der Waals surface area contributed by atoms with Gasteiger partial charge in [-0.3, -0.25) is 14.5 Å². The maximum Gasteiger partial charge on any atom is 0.309 e. The summed E-state index contributed by atoms with van der Waals surface area (Å²) < 4.78 is 11.5. The van der Waals surface area contributed by atoms with Crippen molar-refractivity contribution in [2.75, 3.05) is 24.7 Å². The number of hydrogen-bond acceptors (Lipinski definition) is 6. The van der Waals surface area contributed by atoms with E-state index in [1.807, 2.05) is 61.5 Å². The standard InChI is InChI=1S/C20H20N2O4S/c1-2-22(20-21-16-10-6-7-11-17(16)27-20)18(23)14-26-19(24)12-13-25-15-8-4-3-5-9-15/h3-11H,2,12-14H2,1H3. The van der Waals surface area contributed by atoms with Gasteiger partial charge in [0.15, 0.2) is 11.7 Å². The first-order chi connectivity index (χ1) is 13.2. The number of fused-ring (bicyclic) bond motifs is 1. The number of nitrogens with zero attached hydrogens (tertiary/aromatic N) is 2. The number of esters is 1. The van der Waals surface area contributed by atoms with E-state index in [4.69, 9.17) is 9.47 Å². The summed E-state index contributed by atoms with van der Waals surface area (Å²) in [5.41, 5.74) is 0.846. The highest BCUT2D eigenvalue weighted by Crippen LogP contribution is 2.28. The smallest absolute Gasteiger partial charge is 0.309 e. The van der Waals surface area contributed by atoms with Gasteiger partial charge in [0.1, 0.15) is 5.75 Å². The Hall–Kier alpha value is -2.93. The van der Waals surface area contributed by atoms with Gasteiger partial charge in [-0.1, -0.05) is 41.7 Å². The van der Waals surface area contributed by atoms with Crippen molar-refractivity contribution in [2.24, 2.45) is 0 Å². The van der Waals surface area contributed by atoms with E-state index in [9.17, 15) is 9.59 Å². The monoisotopic (exact) mass is 384 g/mol. The third-order valence-electron chi connectivity index (χ3n) is 3.81. The van der Waals surface area contributed by atoms with Crippen molar-refractivity contribution in [3.8, 4) is 5.75 Å². The van der Waals surface area contributed by atoms with Crippen molar-refractivity contribution >= 4 is 38.6 Å². The minimum Gasteiger partial charge on any atom is -0.493 e. The van der Waals surface area contributed by atoms with Crippen LogP contribution in [0.4, 0.5) is 5.13 Å². The number of para-hydroxylation sites is 2. The molecule has 1 amide bonds. The molecule has 0 saturated heterocycles. The summed E-state index contributed by atoms with van der Waals surface area (Å²) in [5, 5.41) is 0.604. The van der Waals surface area contributed by atoms with Crippen molar-refractivity contribution in [1.29, 1.82) is 0 Å². The molecule has 0 bridgehead atoms. The molecule has 2 aromatic carbocycles. The van der Waals surface area contributed by atoms with Crippen LogP contribution in [0.1, 0.15) is 13.3 Å². The van der Waals surface area contributed by atoms with Crippen LogP contribution in [0.15, 0.2) is 54.6 Å². The van der Waals surface area contributed by atoms with Gasteiger partial charge in [-0.05, 0) is 31.2 Å². The van der Waals surface area contributed by atoms with Crippen LogP contribution in [-0.2, 0) is 14.3 Å². The molecule has 27 heavy (non-hydrogen) atoms. The van der Waals surface area contributed by atoms with Crippen LogP contribution in [0.5, 0.6) is 5.75 Å². The number of thiazole rings is 1. The zero-order valence-electron chi connectivity index (χ0n) is 15.0. The summed E-state index contributed by atoms with van der Waals surface area (Å²) in [6.45, 7) is 2.20. The highest BCUT2D eigenvalue weighted by Gasteiger charge is 2.19. The van der Waals surface area contributed by atoms with E-state index in [-0.39, 0.29) is 25.5 Å². The minimum absolute atomic E-state index is 0.0788. The van der Waals surface area contributed by atoms with Crippen molar-refractivity contribution in [2.45, 2.75) is 13.3 Å². The Balaban J connectivity index is 1.48. The van der Waals surface area contributed by atoms with Gasteiger partial charge in [-0.15, -0.1) is 0 Å². The van der Waals surface area contributed by atoms with Crippen LogP contribution in [0, 0.1) is 0 Å². The number of carbonyl (C=O) groups is 2. The SMILES string of the molecule is CCN(C(=O)COC(=O)CCOc1ccccc1)c1nc2ccccc2s1. The molecule has 0 atom stereocenters. The van der Waals surface area contributed by atoms with E-state index in [0.717, 1.165) is 10.2 Å². The lowest BCUT2D eigenvalue weighted by Gasteiger charge is -2.17. The fourth-order valence-electron chi connectivity index (χ4n) is 2.46. The van der Waals surface area contributed by atoms with E-state index in [0.29, 0.717) is 17.4 Å². The zero-order chi connectivity index (χ0) is 19.1. The number of ether oxygens (including phenoxy) is 2. The summed E-state index contributed by atoms with van der Waals surface area (Å²) in [5.74, 6) is -0.0807. The van der Waals surface area contributed by atoms with Gasteiger partial charge < -0.3 is 9.47 Å². The lowest BCUT2D eigenvalue weighted by atomic mass is 10.3. The quantitative estimate of drug-likeness (QED) is 0.555. The van der Waals surface area contributed by atoms with Crippen molar-refractivity contribution < 1.29 is 19.1 Å². The number of aromatic nitrogens is 1. The maximum atomic E-state index is 12.4. The third kappa shape index (κ3) is 5.04. The molecule has 1 aromatic heterocycles. The Morgan fingerprint density at radius 3 is 2.56 bits per heavy atom. The van der Waals surface area contributed by atoms with E-state index < -0.39 is 5.97 Å². The number of anilines is 1. The second-order valence-electron chi connectivity index (χ2n) is 5.67. The molecule has 0 N–H and O–H groups in total. The summed E-state index contributed by atoms with van der Waals surface area (Å²) in [4.78, 5) is 30.3. The largest absolute Gasteiger partial charge is 0.493 e. The Morgan fingerprint density at radius 1 is 1.07 bits per heavy atom. The summed E-state index contributed by atoms with van der Waals surface area (Å²) in [6, 6.07) is 16.9. The molecular weight excluding hydrogens is 364 g/mol. The lowest BCUT2D eigenvalue weighted by molar-refractivity contribution is -0.148. The van der Waals surface area contributed by atoms with Crippen molar-refractivity contribution in [3.63, 3.8) is 0 Å². The number of hydrogen-bond donors (Lipinski definition) is 0. The summed E-state index contributed by atoms with van der Waals surface area (Å²) in [7, 11) is 0. The molecule has 140 valence electrons. The van der Waals surface area contributed by atoms with Crippen LogP contribution >= 0.6 is 11.3 Å². The van der Waals surface area contributed by atoms with Crippen LogP contribution < -0.4 is 9.64 Å². The van der Waals surface area contributed by atoms with Gasteiger partial charge in [0, 0.05) is 6.54 Å². The molecule has 0 aliphatic rings. The van der Waals surface area contributed by atoms with Crippen LogP contribution in [0.25, 0.3) is 10.2 Å². The van der Waals surface area contributed by atoms with Gasteiger partial charge in [0.05, 0.1) is 23.2 Å². The average molecular weight is 384 g/mol. The van der Waals surface area contributed by atoms with Crippen LogP contribution in [0.2, 0.25) is 0 Å². The van der Waals surface area contributed by atoms with E-state index >= 15 is 0 Å². The highest BCUT2D eigenvalue weighted by molar-refractivity contribution is 7.22. The Bertz CT molecular complexity index is 878. The molecular formula is C20H20N2O4S. The van der Waals surface area contributed by atoms with Gasteiger partial charge in [-0.2, -0.15) is 0 Å². The van der Waals surface area contributed by atoms with Crippen LogP contribution in [-0.4, -0.2) is 36.6 Å². The van der Waals surface area contributed by atoms with E-state index in [1.54, 1.807) is 0 Å². The van der Waals surface area contributed by atoms with Crippen molar-refractivity contribution in [1.82, 2.24) is 4.98 Å². The Morgan fingerprint density at radius 2 is 1.81 bits per heavy atom. The number of carbonyl (C=O) groups excluding carboxylic acids is 2. The second kappa shape index (κ2) is 9.14. The average Bonchev–Trinajstić information content (AvgIpc) is 3.11. The second-order valence-corrected chi connectivity index (χ2v) is 6.68. The van der Waals surface area contributed by atoms with Gasteiger partial charge >= 0.3 is 5.97 Å². The molecule has 0 aliphatic carbocycles. The predicted molar refractivity (Wildman–Crippen MR) is 105 cm³/mol. The first kappa shape index (κ1) is 18.8. The molecule has 0 fully saturated rings. The van der Waals surface area contributed by atoms with Crippen molar-refractivity contribution in [3.05, 3.63) is 54.6 Å². The zero-order valence-corrected chi connectivity index (χ0v) is 15.8. The van der Waals surface area contributed by atoms with Gasteiger partial charge in [-0.25, -0.2) is 4.98 Å². The lowest BCUT2D eigenvalue weighted by Crippen LogP contribution is -2.34. The molecule has 0 aliphatic heterocycles. The molecule has 1 heterocycles. The van der Waals surface area contributed by atoms with Gasteiger partial charge in [0.2, 0.25) is 0 Å². The molecule has 3 rings (SSSR count). The molecule has 7 heteroatoms. The summed E-state index contributed by atoms with van der Waals surface area (Å²) in [6.07, 6.45) is 0.0788. The summed E-state index contributed by atoms with van der Waals surface area (Å²) >= 11 is 1.44. The predicted octanol–water partition coefficient (Wildman–Crippen LogP) is 3.66. The Labute approximate surface area is 161 Å². The number of rotatable bonds is 8. The first-order valence-electron chi connectivity index (χ1n) is 8.66. The minimum atomic E-state index is -0.473. The highest BCUT2D eigenvalue weighted by atomic mass is 32.1. The maximum absolute atomic E-state index is 12.4. The number of amides is 1. The first-order valence-corrected chi connectivity index (χ1v) is 9.48. The van der Waals surface area contributed by atoms with Gasteiger partial charge in [0.25, 0.3) is 5.91 Å². The number of likely N-dealkylation sites (N-methyl/N-ethyl adjacent to an activating group) is 1. The molecule has 0 radical (unpaired) electrons. The molecule has 6 nitrogen and oxygen atoms in total. The topological polar surface area (TPSA) is 68.7 Å². The number of benzene rings is 2. The third-order valence-corrected chi connectivity index (χ3v) is 4.86. The molecule has 0 saturated carbocycles. The molecule has 3 aromatic rings. The Kier molecular flexibility index (Phi) is 6.38. The normalized spacial score (nSPS) is 10.6. The van der Waals surface area contributed by atoms with E-state index in [1.165, 1.54) is 16.2 Å². The van der Waals surface area contributed by atoms with Crippen LogP contribution in [0.3, 0.4) is 0 Å². The fourth-order valence-corrected chi connectivity index (χ4v) is 3.50. The van der Waals surface area contributed by atoms with E-state index in [2.05, 4.69) is 4.98 Å². The molecule has 0 unspecified atom stereocenters.